The lowest BCUT2D eigenvalue weighted by molar-refractivity contribution is -0.139. The van der Waals surface area contributed by atoms with Gasteiger partial charge in [-0.2, -0.15) is 0 Å². The topological polar surface area (TPSA) is 78.5 Å². The molecule has 39 heavy (non-hydrogen) atoms. The van der Waals surface area contributed by atoms with Crippen LogP contribution in [0.25, 0.3) is 0 Å². The van der Waals surface area contributed by atoms with Crippen molar-refractivity contribution in [1.82, 2.24) is 10.2 Å². The number of nitrogens with one attached hydrogen (secondary N) is 1. The highest BCUT2D eigenvalue weighted by atomic mass is 16.5. The molecule has 8 heteroatoms. The van der Waals surface area contributed by atoms with E-state index in [0.29, 0.717) is 42.6 Å². The third-order valence-electron chi connectivity index (χ3n) is 7.82. The summed E-state index contributed by atoms with van der Waals surface area (Å²) in [5.41, 5.74) is 5.17. The summed E-state index contributed by atoms with van der Waals surface area (Å²) < 4.78 is 28.8. The number of rotatable bonds is 9. The molecular weight excluding hydrogens is 496 g/mol. The van der Waals surface area contributed by atoms with Gasteiger partial charge in [0.25, 0.3) is 0 Å². The van der Waals surface area contributed by atoms with Crippen molar-refractivity contribution in [3.8, 4) is 23.0 Å². The molecule has 0 bridgehead atoms. The Hall–Kier alpha value is -3.75. The van der Waals surface area contributed by atoms with Crippen molar-refractivity contribution < 1.29 is 28.5 Å². The predicted octanol–water partition coefficient (Wildman–Crippen LogP) is 4.25. The molecule has 2 aliphatic heterocycles. The number of methoxy groups -OCH3 is 4. The fourth-order valence-electron chi connectivity index (χ4n) is 5.99. The number of carbonyl (C=O) groups excluding carboxylic acids is 1. The average Bonchev–Trinajstić information content (AvgIpc) is 3.08. The average molecular weight is 533 g/mol. The van der Waals surface area contributed by atoms with E-state index in [4.69, 9.17) is 23.7 Å². The standard InChI is InChI=1S/C31H36N2O6/c1-32-31-23-16-29(38-5)27(36-3)13-21(23)14-30(34)33-24(31)11-20-12-26(35-2)28(37-4)15-22(20)25(33)18-39-17-19-9-7-6-8-10-19/h6-10,12-13,15-16,24-25,31-32H,11,14,17-18H2,1-5H3/t24?,25?,31-/m1/s1. The smallest absolute Gasteiger partial charge is 0.227 e. The van der Waals surface area contributed by atoms with Crippen LogP contribution in [0.2, 0.25) is 0 Å². The Labute approximate surface area is 229 Å². The fraction of sp³-hybridized carbons (Fsp3) is 0.387. The summed E-state index contributed by atoms with van der Waals surface area (Å²) in [6.45, 7) is 0.801. The van der Waals surface area contributed by atoms with Gasteiger partial charge in [0.1, 0.15) is 0 Å². The molecule has 1 amide bonds. The van der Waals surface area contributed by atoms with Gasteiger partial charge in [-0.25, -0.2) is 0 Å². The molecule has 2 aliphatic rings. The molecule has 2 heterocycles. The summed E-state index contributed by atoms with van der Waals surface area (Å²) >= 11 is 0. The molecule has 2 unspecified atom stereocenters. The summed E-state index contributed by atoms with van der Waals surface area (Å²) in [6.07, 6.45) is 0.901. The number of carbonyl (C=O) groups is 1. The summed E-state index contributed by atoms with van der Waals surface area (Å²) in [5.74, 6) is 2.59. The van der Waals surface area contributed by atoms with E-state index in [1.54, 1.807) is 28.4 Å². The molecule has 206 valence electrons. The van der Waals surface area contributed by atoms with E-state index < -0.39 is 0 Å². The summed E-state index contributed by atoms with van der Waals surface area (Å²) in [6, 6.07) is 17.4. The Kier molecular flexibility index (Phi) is 7.95. The second-order valence-corrected chi connectivity index (χ2v) is 9.84. The van der Waals surface area contributed by atoms with Crippen LogP contribution >= 0.6 is 0 Å². The van der Waals surface area contributed by atoms with Crippen molar-refractivity contribution in [2.45, 2.75) is 37.6 Å². The van der Waals surface area contributed by atoms with Gasteiger partial charge < -0.3 is 33.9 Å². The van der Waals surface area contributed by atoms with Gasteiger partial charge in [-0.1, -0.05) is 30.3 Å². The number of fused-ring (bicyclic) bond motifs is 3. The Balaban J connectivity index is 1.59. The molecule has 3 atom stereocenters. The number of benzene rings is 3. The number of amides is 1. The molecular formula is C31H36N2O6. The first kappa shape index (κ1) is 26.8. The molecule has 0 saturated heterocycles. The Morgan fingerprint density at radius 2 is 1.41 bits per heavy atom. The number of ether oxygens (including phenoxy) is 5. The van der Waals surface area contributed by atoms with Crippen LogP contribution in [0, 0.1) is 0 Å². The van der Waals surface area contributed by atoms with Gasteiger partial charge in [-0.05, 0) is 65.6 Å². The van der Waals surface area contributed by atoms with Crippen molar-refractivity contribution in [3.05, 3.63) is 82.4 Å². The van der Waals surface area contributed by atoms with Crippen LogP contribution < -0.4 is 24.3 Å². The Morgan fingerprint density at radius 3 is 2.03 bits per heavy atom. The molecule has 1 N–H and O–H groups in total. The molecule has 0 radical (unpaired) electrons. The highest BCUT2D eigenvalue weighted by Gasteiger charge is 2.44. The Morgan fingerprint density at radius 1 is 0.821 bits per heavy atom. The van der Waals surface area contributed by atoms with E-state index in [1.807, 2.05) is 66.5 Å². The first-order valence-electron chi connectivity index (χ1n) is 13.1. The zero-order valence-electron chi connectivity index (χ0n) is 23.2. The molecule has 5 rings (SSSR count). The fourth-order valence-corrected chi connectivity index (χ4v) is 5.99. The molecule has 0 spiro atoms. The number of hydrogen-bond acceptors (Lipinski definition) is 7. The molecule has 0 saturated carbocycles. The van der Waals surface area contributed by atoms with Crippen LogP contribution in [0.3, 0.4) is 0 Å². The van der Waals surface area contributed by atoms with Crippen LogP contribution in [0.1, 0.15) is 39.9 Å². The van der Waals surface area contributed by atoms with E-state index in [9.17, 15) is 4.79 Å². The first-order chi connectivity index (χ1) is 19.0. The predicted molar refractivity (Wildman–Crippen MR) is 148 cm³/mol. The summed E-state index contributed by atoms with van der Waals surface area (Å²) in [4.78, 5) is 16.1. The van der Waals surface area contributed by atoms with Crippen molar-refractivity contribution in [2.75, 3.05) is 42.1 Å². The summed E-state index contributed by atoms with van der Waals surface area (Å²) in [5, 5.41) is 3.51. The second-order valence-electron chi connectivity index (χ2n) is 9.84. The largest absolute Gasteiger partial charge is 0.493 e. The molecule has 0 fully saturated rings. The monoisotopic (exact) mass is 532 g/mol. The maximum atomic E-state index is 14.1. The van der Waals surface area contributed by atoms with Crippen LogP contribution in [0.5, 0.6) is 23.0 Å². The number of hydrogen-bond donors (Lipinski definition) is 1. The quantitative estimate of drug-likeness (QED) is 0.442. The third-order valence-corrected chi connectivity index (χ3v) is 7.82. The van der Waals surface area contributed by atoms with E-state index >= 15 is 0 Å². The van der Waals surface area contributed by atoms with E-state index in [1.165, 1.54) is 0 Å². The van der Waals surface area contributed by atoms with E-state index in [-0.39, 0.29) is 30.5 Å². The second kappa shape index (κ2) is 11.6. The maximum Gasteiger partial charge on any atom is 0.227 e. The lowest BCUT2D eigenvalue weighted by Gasteiger charge is -2.45. The highest BCUT2D eigenvalue weighted by molar-refractivity contribution is 5.82. The van der Waals surface area contributed by atoms with Crippen molar-refractivity contribution >= 4 is 5.91 Å². The van der Waals surface area contributed by atoms with Gasteiger partial charge in [0.2, 0.25) is 5.91 Å². The number of nitrogens with zero attached hydrogens (tertiary/aromatic N) is 1. The van der Waals surface area contributed by atoms with Gasteiger partial charge in [-0.15, -0.1) is 0 Å². The first-order valence-corrected chi connectivity index (χ1v) is 13.1. The minimum Gasteiger partial charge on any atom is -0.493 e. The van der Waals surface area contributed by atoms with Crippen LogP contribution in [-0.2, 0) is 29.0 Å². The van der Waals surface area contributed by atoms with Gasteiger partial charge in [-0.3, -0.25) is 4.79 Å². The minimum atomic E-state index is -0.302. The molecule has 0 aromatic heterocycles. The molecule has 3 aromatic carbocycles. The zero-order valence-corrected chi connectivity index (χ0v) is 23.2. The van der Waals surface area contributed by atoms with Gasteiger partial charge >= 0.3 is 0 Å². The van der Waals surface area contributed by atoms with Crippen molar-refractivity contribution in [1.29, 1.82) is 0 Å². The lowest BCUT2D eigenvalue weighted by atomic mass is 9.83. The van der Waals surface area contributed by atoms with Crippen molar-refractivity contribution in [3.63, 3.8) is 0 Å². The van der Waals surface area contributed by atoms with Gasteiger partial charge in [0, 0.05) is 0 Å². The van der Waals surface area contributed by atoms with Crippen LogP contribution in [0.4, 0.5) is 0 Å². The molecule has 0 aliphatic carbocycles. The van der Waals surface area contributed by atoms with Crippen LogP contribution in [0.15, 0.2) is 54.6 Å². The summed E-state index contributed by atoms with van der Waals surface area (Å²) in [7, 11) is 8.44. The highest BCUT2D eigenvalue weighted by Crippen LogP contribution is 2.46. The van der Waals surface area contributed by atoms with E-state index in [2.05, 4.69) is 5.32 Å². The normalized spacial score (nSPS) is 19.9. The van der Waals surface area contributed by atoms with E-state index in [0.717, 1.165) is 27.8 Å². The van der Waals surface area contributed by atoms with Crippen molar-refractivity contribution in [2.24, 2.45) is 0 Å². The third kappa shape index (κ3) is 5.02. The number of likely N-dealkylation sites (N-methyl/N-ethyl adjacent to an activating group) is 1. The maximum absolute atomic E-state index is 14.1. The minimum absolute atomic E-state index is 0.0416. The molecule has 3 aromatic rings. The van der Waals surface area contributed by atoms with Gasteiger partial charge in [0.15, 0.2) is 23.0 Å². The molecule has 8 nitrogen and oxygen atoms in total. The zero-order chi connectivity index (χ0) is 27.5. The SMILES string of the molecule is CN[C@@H]1c2cc(OC)c(OC)cc2CC(=O)N2C(COCc3ccccc3)c3cc(OC)c(OC)cc3CC12. The van der Waals surface area contributed by atoms with Gasteiger partial charge in [0.05, 0.1) is 66.2 Å². The van der Waals surface area contributed by atoms with Crippen LogP contribution in [-0.4, -0.2) is 58.9 Å². The lowest BCUT2D eigenvalue weighted by Crippen LogP contribution is -2.52. The Bertz CT molecular complexity index is 1330.